The quantitative estimate of drug-likeness (QED) is 0.550. The maximum absolute atomic E-state index is 12.5. The van der Waals surface area contributed by atoms with Crippen LogP contribution in [0, 0.1) is 6.92 Å². The van der Waals surface area contributed by atoms with Gasteiger partial charge in [-0.25, -0.2) is 0 Å². The zero-order valence-corrected chi connectivity index (χ0v) is 18.9. The van der Waals surface area contributed by atoms with Crippen molar-refractivity contribution in [3.63, 3.8) is 0 Å². The largest absolute Gasteiger partial charge is 0.354 e. The first-order valence-electron chi connectivity index (χ1n) is 10.7. The standard InChI is InChI=1S/C24H29N5OS/c1-18(28-13-12-21-10-6-7-11-22(21)16-28)14-25-23(30)17-31-24-27-26-19(2)29(24)15-20-8-4-3-5-9-20/h3-11,18H,12-17H2,1-2H3,(H,25,30). The summed E-state index contributed by atoms with van der Waals surface area (Å²) in [5, 5.41) is 12.3. The predicted molar refractivity (Wildman–Crippen MR) is 124 cm³/mol. The van der Waals surface area contributed by atoms with E-state index in [1.54, 1.807) is 0 Å². The molecule has 1 amide bonds. The van der Waals surface area contributed by atoms with Gasteiger partial charge in [-0.05, 0) is 37.0 Å². The van der Waals surface area contributed by atoms with Crippen LogP contribution in [0.3, 0.4) is 0 Å². The van der Waals surface area contributed by atoms with E-state index in [0.717, 1.165) is 30.5 Å². The Kier molecular flexibility index (Phi) is 7.04. The van der Waals surface area contributed by atoms with E-state index in [-0.39, 0.29) is 5.91 Å². The van der Waals surface area contributed by atoms with Gasteiger partial charge < -0.3 is 9.88 Å². The van der Waals surface area contributed by atoms with E-state index in [1.165, 1.54) is 28.5 Å². The van der Waals surface area contributed by atoms with E-state index >= 15 is 0 Å². The number of hydrogen-bond acceptors (Lipinski definition) is 5. The van der Waals surface area contributed by atoms with Gasteiger partial charge in [-0.3, -0.25) is 9.69 Å². The molecule has 1 aromatic heterocycles. The van der Waals surface area contributed by atoms with Gasteiger partial charge in [0.15, 0.2) is 5.16 Å². The number of carbonyl (C=O) groups is 1. The van der Waals surface area contributed by atoms with Crippen LogP contribution >= 0.6 is 11.8 Å². The Morgan fingerprint density at radius 1 is 1.10 bits per heavy atom. The highest BCUT2D eigenvalue weighted by molar-refractivity contribution is 7.99. The first-order valence-corrected chi connectivity index (χ1v) is 11.7. The van der Waals surface area contributed by atoms with Crippen LogP contribution in [-0.2, 0) is 24.3 Å². The molecule has 2 heterocycles. The summed E-state index contributed by atoms with van der Waals surface area (Å²) in [7, 11) is 0. The number of thioether (sulfide) groups is 1. The average Bonchev–Trinajstić information content (AvgIpc) is 3.15. The number of nitrogens with one attached hydrogen (secondary N) is 1. The van der Waals surface area contributed by atoms with Crippen LogP contribution in [0.15, 0.2) is 59.8 Å². The SMILES string of the molecule is Cc1nnc(SCC(=O)NCC(C)N2CCc3ccccc3C2)n1Cc1ccccc1. The van der Waals surface area contributed by atoms with Gasteiger partial charge in [0, 0.05) is 25.7 Å². The van der Waals surface area contributed by atoms with Gasteiger partial charge in [-0.1, -0.05) is 66.4 Å². The molecule has 6 nitrogen and oxygen atoms in total. The average molecular weight is 436 g/mol. The van der Waals surface area contributed by atoms with E-state index in [4.69, 9.17) is 0 Å². The minimum Gasteiger partial charge on any atom is -0.354 e. The molecular formula is C24H29N5OS. The maximum atomic E-state index is 12.5. The molecule has 0 spiro atoms. The number of fused-ring (bicyclic) bond motifs is 1. The third-order valence-electron chi connectivity index (χ3n) is 5.80. The van der Waals surface area contributed by atoms with Crippen molar-refractivity contribution in [3.05, 3.63) is 77.1 Å². The molecule has 0 bridgehead atoms. The Morgan fingerprint density at radius 2 is 1.84 bits per heavy atom. The lowest BCUT2D eigenvalue weighted by Crippen LogP contribution is -2.44. The second kappa shape index (κ2) is 10.1. The first kappa shape index (κ1) is 21.6. The fraction of sp³-hybridized carbons (Fsp3) is 0.375. The topological polar surface area (TPSA) is 63.1 Å². The van der Waals surface area contributed by atoms with Crippen LogP contribution < -0.4 is 5.32 Å². The summed E-state index contributed by atoms with van der Waals surface area (Å²) in [4.78, 5) is 14.9. The lowest BCUT2D eigenvalue weighted by molar-refractivity contribution is -0.118. The summed E-state index contributed by atoms with van der Waals surface area (Å²) in [6.45, 7) is 7.46. The van der Waals surface area contributed by atoms with Gasteiger partial charge in [0.25, 0.3) is 0 Å². The molecule has 0 radical (unpaired) electrons. The van der Waals surface area contributed by atoms with Gasteiger partial charge in [-0.2, -0.15) is 0 Å². The molecule has 31 heavy (non-hydrogen) atoms. The highest BCUT2D eigenvalue weighted by Crippen LogP contribution is 2.20. The first-order chi connectivity index (χ1) is 15.1. The summed E-state index contributed by atoms with van der Waals surface area (Å²) in [6, 6.07) is 19.2. The highest BCUT2D eigenvalue weighted by atomic mass is 32.2. The fourth-order valence-electron chi connectivity index (χ4n) is 3.88. The molecule has 1 N–H and O–H groups in total. The minimum absolute atomic E-state index is 0.0289. The molecule has 0 saturated carbocycles. The maximum Gasteiger partial charge on any atom is 0.230 e. The van der Waals surface area contributed by atoms with E-state index in [9.17, 15) is 4.79 Å². The Hall–Kier alpha value is -2.64. The summed E-state index contributed by atoms with van der Waals surface area (Å²) in [5.74, 6) is 1.22. The fourth-order valence-corrected chi connectivity index (χ4v) is 4.70. The molecular weight excluding hydrogens is 406 g/mol. The second-order valence-corrected chi connectivity index (χ2v) is 8.97. The Labute approximate surface area is 188 Å². The van der Waals surface area contributed by atoms with Crippen LogP contribution in [0.2, 0.25) is 0 Å². The van der Waals surface area contributed by atoms with Gasteiger partial charge >= 0.3 is 0 Å². The van der Waals surface area contributed by atoms with Gasteiger partial charge in [0.2, 0.25) is 5.91 Å². The number of hydrogen-bond donors (Lipinski definition) is 1. The van der Waals surface area contributed by atoms with Crippen LogP contribution in [-0.4, -0.2) is 50.5 Å². The molecule has 0 aliphatic carbocycles. The zero-order chi connectivity index (χ0) is 21.6. The molecule has 1 aliphatic rings. The van der Waals surface area contributed by atoms with Gasteiger partial charge in [0.05, 0.1) is 12.3 Å². The number of carbonyl (C=O) groups excluding carboxylic acids is 1. The van der Waals surface area contributed by atoms with Crippen LogP contribution in [0.5, 0.6) is 0 Å². The van der Waals surface area contributed by atoms with Crippen LogP contribution in [0.25, 0.3) is 0 Å². The van der Waals surface area contributed by atoms with Gasteiger partial charge in [0.1, 0.15) is 5.82 Å². The van der Waals surface area contributed by atoms with Crippen LogP contribution in [0.1, 0.15) is 29.4 Å². The minimum atomic E-state index is 0.0289. The molecule has 7 heteroatoms. The molecule has 0 saturated heterocycles. The Balaban J connectivity index is 1.26. The molecule has 1 aliphatic heterocycles. The lowest BCUT2D eigenvalue weighted by Gasteiger charge is -2.33. The summed E-state index contributed by atoms with van der Waals surface area (Å²) in [5.41, 5.74) is 4.03. The van der Waals surface area contributed by atoms with Crippen molar-refractivity contribution >= 4 is 17.7 Å². The van der Waals surface area contributed by atoms with Crippen molar-refractivity contribution < 1.29 is 4.79 Å². The van der Waals surface area contributed by atoms with Crippen molar-refractivity contribution in [2.24, 2.45) is 0 Å². The summed E-state index contributed by atoms with van der Waals surface area (Å²) in [6.07, 6.45) is 1.07. The second-order valence-electron chi connectivity index (χ2n) is 8.03. The molecule has 162 valence electrons. The van der Waals surface area contributed by atoms with E-state index in [0.29, 0.717) is 24.9 Å². The number of amides is 1. The van der Waals surface area contributed by atoms with Crippen molar-refractivity contribution in [3.8, 4) is 0 Å². The third-order valence-corrected chi connectivity index (χ3v) is 6.76. The number of aromatic nitrogens is 3. The van der Waals surface area contributed by atoms with Crippen LogP contribution in [0.4, 0.5) is 0 Å². The van der Waals surface area contributed by atoms with Crippen molar-refractivity contribution in [1.82, 2.24) is 25.0 Å². The van der Waals surface area contributed by atoms with Crippen molar-refractivity contribution in [2.45, 2.75) is 44.6 Å². The molecule has 0 fully saturated rings. The normalized spacial score (nSPS) is 14.8. The van der Waals surface area contributed by atoms with E-state index < -0.39 is 0 Å². The Bertz CT molecular complexity index is 1020. The smallest absolute Gasteiger partial charge is 0.230 e. The van der Waals surface area contributed by atoms with E-state index in [1.807, 2.05) is 25.1 Å². The molecule has 1 atom stereocenters. The summed E-state index contributed by atoms with van der Waals surface area (Å²) >= 11 is 1.44. The zero-order valence-electron chi connectivity index (χ0n) is 18.1. The number of aryl methyl sites for hydroxylation is 1. The lowest BCUT2D eigenvalue weighted by atomic mass is 9.99. The monoisotopic (exact) mass is 435 g/mol. The van der Waals surface area contributed by atoms with Crippen molar-refractivity contribution in [2.75, 3.05) is 18.8 Å². The molecule has 4 rings (SSSR count). The highest BCUT2D eigenvalue weighted by Gasteiger charge is 2.21. The number of nitrogens with zero attached hydrogens (tertiary/aromatic N) is 4. The Morgan fingerprint density at radius 3 is 2.65 bits per heavy atom. The number of benzene rings is 2. The summed E-state index contributed by atoms with van der Waals surface area (Å²) < 4.78 is 2.06. The third kappa shape index (κ3) is 5.54. The molecule has 1 unspecified atom stereocenters. The predicted octanol–water partition coefficient (Wildman–Crippen LogP) is 3.29. The molecule has 2 aromatic carbocycles. The van der Waals surface area contributed by atoms with E-state index in [2.05, 4.69) is 68.3 Å². The molecule has 3 aromatic rings. The van der Waals surface area contributed by atoms with Crippen molar-refractivity contribution in [1.29, 1.82) is 0 Å². The van der Waals surface area contributed by atoms with Gasteiger partial charge in [-0.15, -0.1) is 10.2 Å². The number of rotatable bonds is 8.